The predicted molar refractivity (Wildman–Crippen MR) is 188 cm³/mol. The Balaban J connectivity index is 1.48. The van der Waals surface area contributed by atoms with E-state index in [1.165, 1.54) is 23.5 Å². The van der Waals surface area contributed by atoms with Crippen molar-refractivity contribution in [1.82, 2.24) is 15.6 Å². The summed E-state index contributed by atoms with van der Waals surface area (Å²) in [6, 6.07) is 15.4. The normalized spacial score (nSPS) is 12.2. The van der Waals surface area contributed by atoms with E-state index in [2.05, 4.69) is 20.9 Å². The number of nitrogens with one attached hydrogen (secondary N) is 3. The topological polar surface area (TPSA) is 156 Å². The van der Waals surface area contributed by atoms with Crippen molar-refractivity contribution in [3.63, 3.8) is 0 Å². The lowest BCUT2D eigenvalue weighted by atomic mass is 9.93. The molecule has 256 valence electrons. The fourth-order valence-corrected chi connectivity index (χ4v) is 6.23. The van der Waals surface area contributed by atoms with E-state index in [0.29, 0.717) is 42.5 Å². The van der Waals surface area contributed by atoms with E-state index in [0.717, 1.165) is 28.0 Å². The molecule has 0 atom stereocenters. The highest BCUT2D eigenvalue weighted by molar-refractivity contribution is 7.13. The molecule has 11 nitrogen and oxygen atoms in total. The van der Waals surface area contributed by atoms with Crippen molar-refractivity contribution >= 4 is 40.9 Å². The second-order valence-corrected chi connectivity index (χ2v) is 14.0. The Morgan fingerprint density at radius 3 is 2.41 bits per heavy atom. The molecule has 3 amide bonds. The minimum Gasteiger partial charge on any atom is -0.493 e. The van der Waals surface area contributed by atoms with Crippen LogP contribution in [0.1, 0.15) is 83.5 Å². The Morgan fingerprint density at radius 2 is 1.71 bits per heavy atom. The standard InChI is InChI=1S/C37H40N4O7S/c1-21(2)12-15-38-34(43)29-11-10-25(31(41-29)35(44)45)26-19-30-28(32-23(13-16-47-30)14-17-49-32)18-27(26)33(42)40-24-8-6-22(7-9-24)20-39-36(46)48-37(3,4)5/h6-11,14,17-19,21H,12-13,15-16,20H2,1-5H3,(H,38,43)(H,39,46)(H,40,42)(H,44,45). The lowest BCUT2D eigenvalue weighted by Gasteiger charge is -2.19. The number of pyridine rings is 1. The zero-order chi connectivity index (χ0) is 35.3. The molecular weight excluding hydrogens is 644 g/mol. The van der Waals surface area contributed by atoms with Crippen LogP contribution in [0.3, 0.4) is 0 Å². The Hall–Kier alpha value is -5.23. The number of thiophene rings is 1. The molecule has 3 heterocycles. The van der Waals surface area contributed by atoms with Gasteiger partial charge in [0.25, 0.3) is 11.8 Å². The monoisotopic (exact) mass is 684 g/mol. The van der Waals surface area contributed by atoms with Gasteiger partial charge in [-0.2, -0.15) is 0 Å². The average Bonchev–Trinajstić information content (AvgIpc) is 3.44. The molecule has 4 aromatic rings. The number of carboxylic acids is 1. The minimum absolute atomic E-state index is 0.0357. The molecule has 49 heavy (non-hydrogen) atoms. The number of carbonyl (C=O) groups is 4. The number of carbonyl (C=O) groups excluding carboxylic acids is 3. The number of hydrogen-bond donors (Lipinski definition) is 4. The summed E-state index contributed by atoms with van der Waals surface area (Å²) in [5, 5.41) is 20.6. The smallest absolute Gasteiger partial charge is 0.407 e. The summed E-state index contributed by atoms with van der Waals surface area (Å²) < 4.78 is 11.4. The number of amides is 3. The molecule has 1 aliphatic rings. The van der Waals surface area contributed by atoms with Gasteiger partial charge >= 0.3 is 12.1 Å². The van der Waals surface area contributed by atoms with Crippen LogP contribution in [-0.2, 0) is 17.7 Å². The van der Waals surface area contributed by atoms with E-state index in [-0.39, 0.29) is 29.1 Å². The molecule has 5 rings (SSSR count). The van der Waals surface area contributed by atoms with Gasteiger partial charge in [0.2, 0.25) is 0 Å². The largest absolute Gasteiger partial charge is 0.493 e. The number of fused-ring (bicyclic) bond motifs is 3. The first kappa shape index (κ1) is 35.1. The Labute approximate surface area is 289 Å². The number of rotatable bonds is 10. The number of ether oxygens (including phenoxy) is 2. The van der Waals surface area contributed by atoms with Gasteiger partial charge in [0, 0.05) is 52.3 Å². The van der Waals surface area contributed by atoms with Crippen LogP contribution >= 0.6 is 11.3 Å². The number of carboxylic acid groups (broad SMARTS) is 1. The van der Waals surface area contributed by atoms with Gasteiger partial charge in [-0.15, -0.1) is 11.3 Å². The Bertz CT molecular complexity index is 1880. The summed E-state index contributed by atoms with van der Waals surface area (Å²) in [6.07, 6.45) is 0.914. The number of alkyl carbamates (subject to hydrolysis) is 1. The van der Waals surface area contributed by atoms with Gasteiger partial charge in [-0.25, -0.2) is 14.6 Å². The van der Waals surface area contributed by atoms with Crippen molar-refractivity contribution in [3.05, 3.63) is 88.1 Å². The maximum atomic E-state index is 14.0. The fraction of sp³-hybridized carbons (Fsp3) is 0.324. The first-order chi connectivity index (χ1) is 23.3. The summed E-state index contributed by atoms with van der Waals surface area (Å²) in [5.41, 5.74) is 2.77. The van der Waals surface area contributed by atoms with E-state index in [1.807, 2.05) is 25.3 Å². The van der Waals surface area contributed by atoms with Crippen molar-refractivity contribution in [1.29, 1.82) is 0 Å². The second kappa shape index (κ2) is 14.9. The van der Waals surface area contributed by atoms with E-state index >= 15 is 0 Å². The van der Waals surface area contributed by atoms with Crippen LogP contribution in [0, 0.1) is 5.92 Å². The summed E-state index contributed by atoms with van der Waals surface area (Å²) in [5.74, 6) is -1.40. The molecule has 0 bridgehead atoms. The molecule has 0 saturated carbocycles. The minimum atomic E-state index is -1.34. The molecule has 0 aliphatic carbocycles. The summed E-state index contributed by atoms with van der Waals surface area (Å²) >= 11 is 1.54. The third kappa shape index (κ3) is 8.82. The quantitative estimate of drug-likeness (QED) is 0.137. The zero-order valence-electron chi connectivity index (χ0n) is 28.1. The summed E-state index contributed by atoms with van der Waals surface area (Å²) in [4.78, 5) is 56.7. The van der Waals surface area contributed by atoms with Crippen LogP contribution in [0.15, 0.2) is 60.0 Å². The van der Waals surface area contributed by atoms with Crippen molar-refractivity contribution in [2.75, 3.05) is 18.5 Å². The first-order valence-electron chi connectivity index (χ1n) is 16.1. The molecule has 0 radical (unpaired) electrons. The van der Waals surface area contributed by atoms with Gasteiger partial charge in [0.15, 0.2) is 5.69 Å². The predicted octanol–water partition coefficient (Wildman–Crippen LogP) is 7.16. The van der Waals surface area contributed by atoms with Crippen LogP contribution < -0.4 is 20.7 Å². The zero-order valence-corrected chi connectivity index (χ0v) is 29.0. The van der Waals surface area contributed by atoms with Crippen molar-refractivity contribution < 1.29 is 33.8 Å². The maximum Gasteiger partial charge on any atom is 0.407 e. The lowest BCUT2D eigenvalue weighted by Crippen LogP contribution is -2.32. The molecule has 0 saturated heterocycles. The van der Waals surface area contributed by atoms with Gasteiger partial charge in [-0.1, -0.05) is 26.0 Å². The van der Waals surface area contributed by atoms with E-state index in [9.17, 15) is 24.3 Å². The fourth-order valence-electron chi connectivity index (χ4n) is 5.25. The molecule has 4 N–H and O–H groups in total. The molecule has 0 fully saturated rings. The summed E-state index contributed by atoms with van der Waals surface area (Å²) in [6.45, 7) is 10.5. The van der Waals surface area contributed by atoms with Gasteiger partial charge in [-0.3, -0.25) is 9.59 Å². The van der Waals surface area contributed by atoms with Crippen LogP contribution in [0.4, 0.5) is 10.5 Å². The number of aromatic carboxylic acids is 1. The second-order valence-electron chi connectivity index (χ2n) is 13.1. The molecule has 2 aromatic carbocycles. The molecule has 12 heteroatoms. The highest BCUT2D eigenvalue weighted by Gasteiger charge is 2.27. The molecule has 2 aromatic heterocycles. The van der Waals surface area contributed by atoms with Gasteiger partial charge in [-0.05, 0) is 92.1 Å². The molecule has 1 aliphatic heterocycles. The van der Waals surface area contributed by atoms with Crippen molar-refractivity contribution in [3.8, 4) is 27.3 Å². The molecular formula is C37H40N4O7S. The van der Waals surface area contributed by atoms with Gasteiger partial charge < -0.3 is 30.5 Å². The van der Waals surface area contributed by atoms with E-state index < -0.39 is 29.5 Å². The van der Waals surface area contributed by atoms with Crippen LogP contribution in [0.25, 0.3) is 21.6 Å². The number of anilines is 1. The van der Waals surface area contributed by atoms with Gasteiger partial charge in [0.1, 0.15) is 17.0 Å². The Morgan fingerprint density at radius 1 is 0.959 bits per heavy atom. The Kier molecular flexibility index (Phi) is 10.7. The number of aromatic nitrogens is 1. The average molecular weight is 685 g/mol. The van der Waals surface area contributed by atoms with E-state index in [1.54, 1.807) is 57.2 Å². The lowest BCUT2D eigenvalue weighted by molar-refractivity contribution is 0.0522. The van der Waals surface area contributed by atoms with E-state index in [4.69, 9.17) is 9.47 Å². The van der Waals surface area contributed by atoms with Crippen molar-refractivity contribution in [2.45, 2.75) is 59.6 Å². The van der Waals surface area contributed by atoms with Crippen LogP contribution in [0.5, 0.6) is 5.75 Å². The molecule has 0 unspecified atom stereocenters. The highest BCUT2D eigenvalue weighted by Crippen LogP contribution is 2.43. The van der Waals surface area contributed by atoms with Crippen molar-refractivity contribution in [2.24, 2.45) is 5.92 Å². The van der Waals surface area contributed by atoms with Crippen LogP contribution in [-0.4, -0.2) is 52.7 Å². The first-order valence-corrected chi connectivity index (χ1v) is 16.9. The highest BCUT2D eigenvalue weighted by atomic mass is 32.1. The maximum absolute atomic E-state index is 14.0. The SMILES string of the molecule is CC(C)CCNC(=O)c1ccc(-c2cc3c(cc2C(=O)Nc2ccc(CNC(=O)OC(C)(C)C)cc2)-c2sccc2CCO3)c(C(=O)O)n1. The number of benzene rings is 2. The number of hydrogen-bond acceptors (Lipinski definition) is 8. The third-order valence-corrected chi connectivity index (χ3v) is 8.65. The summed E-state index contributed by atoms with van der Waals surface area (Å²) in [7, 11) is 0. The number of nitrogens with zero attached hydrogens (tertiary/aromatic N) is 1. The van der Waals surface area contributed by atoms with Crippen LogP contribution in [0.2, 0.25) is 0 Å². The molecule has 0 spiro atoms. The third-order valence-electron chi connectivity index (χ3n) is 7.66. The van der Waals surface area contributed by atoms with Gasteiger partial charge in [0.05, 0.1) is 6.61 Å².